The fourth-order valence-electron chi connectivity index (χ4n) is 1.52. The number of amides is 1. The van der Waals surface area contributed by atoms with E-state index in [1.54, 1.807) is 17.6 Å². The van der Waals surface area contributed by atoms with Crippen molar-refractivity contribution in [2.45, 2.75) is 6.42 Å². The highest BCUT2D eigenvalue weighted by Crippen LogP contribution is 2.10. The number of hydrogen-bond donors (Lipinski definition) is 1. The normalized spacial score (nSPS) is 11.8. The molecule has 1 amide bonds. The molecule has 102 valence electrons. The van der Waals surface area contributed by atoms with Gasteiger partial charge in [-0.2, -0.15) is 5.10 Å². The maximum absolute atomic E-state index is 11.6. The number of hydrogen-bond acceptors (Lipinski definition) is 3. The monoisotopic (exact) mass is 348 g/mol. The molecule has 1 heterocycles. The number of thiophene rings is 1. The van der Waals surface area contributed by atoms with Crippen LogP contribution in [0, 0.1) is 0 Å². The van der Waals surface area contributed by atoms with Crippen LogP contribution in [0.15, 0.2) is 57.4 Å². The van der Waals surface area contributed by atoms with E-state index in [-0.39, 0.29) is 5.91 Å². The summed E-state index contributed by atoms with van der Waals surface area (Å²) < 4.78 is 0.792. The van der Waals surface area contributed by atoms with E-state index < -0.39 is 0 Å². The zero-order valence-corrected chi connectivity index (χ0v) is 13.0. The van der Waals surface area contributed by atoms with Crippen molar-refractivity contribution >= 4 is 45.5 Å². The Hall–Kier alpha value is -1.72. The third-order valence-corrected chi connectivity index (χ3v) is 3.71. The molecule has 5 heteroatoms. The minimum absolute atomic E-state index is 0.122. The summed E-state index contributed by atoms with van der Waals surface area (Å²) in [5.41, 5.74) is 3.57. The van der Waals surface area contributed by atoms with Gasteiger partial charge in [0.25, 0.3) is 0 Å². The van der Waals surface area contributed by atoms with Gasteiger partial charge in [-0.3, -0.25) is 4.79 Å². The number of benzene rings is 1. The second-order valence-electron chi connectivity index (χ2n) is 3.99. The minimum Gasteiger partial charge on any atom is -0.273 e. The lowest BCUT2D eigenvalue weighted by Gasteiger charge is -1.97. The third-order valence-electron chi connectivity index (χ3n) is 2.40. The fraction of sp³-hybridized carbons (Fsp3) is 0.0667. The van der Waals surface area contributed by atoms with Crippen molar-refractivity contribution in [2.75, 3.05) is 0 Å². The maximum atomic E-state index is 11.6. The molecule has 2 aromatic rings. The van der Waals surface area contributed by atoms with Gasteiger partial charge < -0.3 is 0 Å². The zero-order chi connectivity index (χ0) is 14.2. The number of nitrogens with one attached hydrogen (secondary N) is 1. The van der Waals surface area contributed by atoms with Crippen LogP contribution in [0.3, 0.4) is 0 Å². The summed E-state index contributed by atoms with van der Waals surface area (Å²) >= 11 is 4.95. The average molecular weight is 349 g/mol. The van der Waals surface area contributed by atoms with Crippen LogP contribution in [-0.4, -0.2) is 12.1 Å². The van der Waals surface area contributed by atoms with Gasteiger partial charge in [-0.1, -0.05) is 36.4 Å². The first-order valence-corrected chi connectivity index (χ1v) is 7.68. The van der Waals surface area contributed by atoms with Crippen molar-refractivity contribution in [2.24, 2.45) is 5.10 Å². The molecular weight excluding hydrogens is 336 g/mol. The molecule has 0 radical (unpaired) electrons. The van der Waals surface area contributed by atoms with Crippen LogP contribution in [-0.2, 0) is 11.2 Å². The fourth-order valence-corrected chi connectivity index (χ4v) is 2.59. The predicted molar refractivity (Wildman–Crippen MR) is 88.0 cm³/mol. The van der Waals surface area contributed by atoms with Crippen LogP contribution < -0.4 is 5.43 Å². The van der Waals surface area contributed by atoms with E-state index in [1.807, 2.05) is 53.9 Å². The van der Waals surface area contributed by atoms with Crippen LogP contribution in [0.4, 0.5) is 0 Å². The van der Waals surface area contributed by atoms with E-state index in [0.717, 1.165) is 14.9 Å². The highest BCUT2D eigenvalue weighted by Gasteiger charge is 2.01. The van der Waals surface area contributed by atoms with Gasteiger partial charge in [0.2, 0.25) is 5.91 Å². The number of halogens is 1. The van der Waals surface area contributed by atoms with Gasteiger partial charge in [0, 0.05) is 9.36 Å². The first-order valence-electron chi connectivity index (χ1n) is 6.00. The summed E-state index contributed by atoms with van der Waals surface area (Å²) in [5.74, 6) is -0.122. The molecule has 0 saturated heterocycles. The Bertz CT molecular complexity index is 606. The Labute approximate surface area is 130 Å². The van der Waals surface area contributed by atoms with Crippen LogP contribution in [0.25, 0.3) is 6.08 Å². The zero-order valence-electron chi connectivity index (χ0n) is 10.6. The molecule has 0 aliphatic rings. The number of carbonyl (C=O) groups is 1. The smallest absolute Gasteiger partial charge is 0.245 e. The molecule has 2 rings (SSSR count). The summed E-state index contributed by atoms with van der Waals surface area (Å²) in [4.78, 5) is 12.6. The Morgan fingerprint density at radius 3 is 2.75 bits per heavy atom. The highest BCUT2D eigenvalue weighted by atomic mass is 79.9. The van der Waals surface area contributed by atoms with Crippen molar-refractivity contribution in [3.8, 4) is 0 Å². The maximum Gasteiger partial charge on any atom is 0.245 e. The third kappa shape index (κ3) is 5.11. The Morgan fingerprint density at radius 1 is 1.25 bits per heavy atom. The molecule has 0 saturated carbocycles. The predicted octanol–water partition coefficient (Wildman–Crippen LogP) is 3.83. The van der Waals surface area contributed by atoms with E-state index in [0.29, 0.717) is 6.42 Å². The Morgan fingerprint density at radius 2 is 2.05 bits per heavy atom. The van der Waals surface area contributed by atoms with Crippen molar-refractivity contribution in [3.63, 3.8) is 0 Å². The van der Waals surface area contributed by atoms with E-state index in [4.69, 9.17) is 0 Å². The van der Waals surface area contributed by atoms with Gasteiger partial charge in [-0.05, 0) is 39.0 Å². The minimum atomic E-state index is -0.122. The molecule has 0 spiro atoms. The lowest BCUT2D eigenvalue weighted by molar-refractivity contribution is -0.120. The number of carbonyl (C=O) groups excluding carboxylic acids is 1. The quantitative estimate of drug-likeness (QED) is 0.647. The molecule has 0 aliphatic carbocycles. The number of hydrazone groups is 1. The van der Waals surface area contributed by atoms with Gasteiger partial charge in [-0.15, -0.1) is 11.3 Å². The second kappa shape index (κ2) is 7.77. The van der Waals surface area contributed by atoms with Crippen LogP contribution >= 0.6 is 27.3 Å². The standard InChI is InChI=1S/C15H13BrN2OS/c16-13(9-12-5-2-1-3-6-12)11-17-18-15(19)10-14-7-4-8-20-14/h1-9,11H,10H2,(H,18,19)/b13-9-,17-11+. The van der Waals surface area contributed by atoms with Gasteiger partial charge in [0.1, 0.15) is 0 Å². The van der Waals surface area contributed by atoms with Crippen LogP contribution in [0.2, 0.25) is 0 Å². The molecule has 20 heavy (non-hydrogen) atoms. The summed E-state index contributed by atoms with van der Waals surface area (Å²) in [7, 11) is 0. The first kappa shape index (κ1) is 14.7. The molecule has 1 aromatic carbocycles. The molecule has 1 aromatic heterocycles. The van der Waals surface area contributed by atoms with Crippen molar-refractivity contribution < 1.29 is 4.79 Å². The molecule has 1 N–H and O–H groups in total. The van der Waals surface area contributed by atoms with E-state index >= 15 is 0 Å². The first-order chi connectivity index (χ1) is 9.74. The number of allylic oxidation sites excluding steroid dienone is 1. The SMILES string of the molecule is O=C(Cc1cccs1)N/N=C/C(Br)=C/c1ccccc1. The molecular formula is C15H13BrN2OS. The molecule has 0 bridgehead atoms. The molecule has 0 atom stereocenters. The van der Waals surface area contributed by atoms with E-state index in [9.17, 15) is 4.79 Å². The van der Waals surface area contributed by atoms with Gasteiger partial charge in [0.15, 0.2) is 0 Å². The Balaban J connectivity index is 1.84. The Kier molecular flexibility index (Phi) is 5.70. The molecule has 3 nitrogen and oxygen atoms in total. The summed E-state index contributed by atoms with van der Waals surface area (Å²) in [6.45, 7) is 0. The van der Waals surface area contributed by atoms with Crippen molar-refractivity contribution in [1.29, 1.82) is 0 Å². The lowest BCUT2D eigenvalue weighted by Crippen LogP contribution is -2.19. The molecule has 0 aliphatic heterocycles. The number of nitrogens with zero attached hydrogens (tertiary/aromatic N) is 1. The highest BCUT2D eigenvalue weighted by molar-refractivity contribution is 9.12. The lowest BCUT2D eigenvalue weighted by atomic mass is 10.2. The molecule has 0 fully saturated rings. The summed E-state index contributed by atoms with van der Waals surface area (Å²) in [5, 5.41) is 5.86. The topological polar surface area (TPSA) is 41.5 Å². The van der Waals surface area contributed by atoms with Crippen LogP contribution in [0.5, 0.6) is 0 Å². The van der Waals surface area contributed by atoms with Gasteiger partial charge >= 0.3 is 0 Å². The van der Waals surface area contributed by atoms with Crippen molar-refractivity contribution in [3.05, 3.63) is 62.8 Å². The van der Waals surface area contributed by atoms with E-state index in [2.05, 4.69) is 26.5 Å². The van der Waals surface area contributed by atoms with Crippen molar-refractivity contribution in [1.82, 2.24) is 5.43 Å². The van der Waals surface area contributed by atoms with Crippen LogP contribution in [0.1, 0.15) is 10.4 Å². The summed E-state index contributed by atoms with van der Waals surface area (Å²) in [6.07, 6.45) is 3.85. The second-order valence-corrected chi connectivity index (χ2v) is 5.94. The average Bonchev–Trinajstić information content (AvgIpc) is 2.92. The van der Waals surface area contributed by atoms with Gasteiger partial charge in [-0.25, -0.2) is 5.43 Å². The summed E-state index contributed by atoms with van der Waals surface area (Å²) in [6, 6.07) is 13.7. The molecule has 0 unspecified atom stereocenters. The van der Waals surface area contributed by atoms with E-state index in [1.165, 1.54) is 0 Å². The largest absolute Gasteiger partial charge is 0.273 e. The number of rotatable bonds is 5. The van der Waals surface area contributed by atoms with Gasteiger partial charge in [0.05, 0.1) is 12.6 Å².